The summed E-state index contributed by atoms with van der Waals surface area (Å²) in [5.74, 6) is 0.637. The third kappa shape index (κ3) is 6.65. The Balaban J connectivity index is 1.88. The van der Waals surface area contributed by atoms with Crippen molar-refractivity contribution in [1.29, 1.82) is 5.26 Å². The Kier molecular flexibility index (Phi) is 7.85. The Labute approximate surface area is 164 Å². The Hall–Kier alpha value is -3.53. The molecule has 0 aliphatic heterocycles. The van der Waals surface area contributed by atoms with Crippen LogP contribution in [0.5, 0.6) is 5.75 Å². The van der Waals surface area contributed by atoms with Crippen molar-refractivity contribution >= 4 is 17.6 Å². The normalized spacial score (nSPS) is 9.89. The quantitative estimate of drug-likeness (QED) is 0.736. The number of urea groups is 1. The van der Waals surface area contributed by atoms with E-state index in [-0.39, 0.29) is 31.5 Å². The number of carbonyl (C=O) groups is 2. The summed E-state index contributed by atoms with van der Waals surface area (Å²) in [6, 6.07) is 16.4. The van der Waals surface area contributed by atoms with Crippen LogP contribution in [0.25, 0.3) is 0 Å². The Morgan fingerprint density at radius 1 is 1.11 bits per heavy atom. The summed E-state index contributed by atoms with van der Waals surface area (Å²) in [6.45, 7) is 0.545. The summed E-state index contributed by atoms with van der Waals surface area (Å²) >= 11 is 0. The van der Waals surface area contributed by atoms with E-state index in [1.54, 1.807) is 20.2 Å². The second kappa shape index (κ2) is 10.6. The first kappa shape index (κ1) is 20.8. The highest BCUT2D eigenvalue weighted by atomic mass is 16.5. The molecule has 146 valence electrons. The number of hydrogen-bond donors (Lipinski definition) is 2. The minimum absolute atomic E-state index is 0.0464. The molecule has 0 bridgehead atoms. The first-order valence-corrected chi connectivity index (χ1v) is 8.91. The number of anilines is 1. The number of para-hydroxylation sites is 1. The zero-order chi connectivity index (χ0) is 20.4. The number of nitrogens with zero attached hydrogens (tertiary/aromatic N) is 2. The molecule has 28 heavy (non-hydrogen) atoms. The Bertz CT molecular complexity index is 841. The largest absolute Gasteiger partial charge is 0.489 e. The van der Waals surface area contributed by atoms with Gasteiger partial charge in [-0.1, -0.05) is 30.3 Å². The molecule has 2 aromatic rings. The third-order valence-electron chi connectivity index (χ3n) is 3.99. The van der Waals surface area contributed by atoms with Gasteiger partial charge in [0.25, 0.3) is 0 Å². The summed E-state index contributed by atoms with van der Waals surface area (Å²) in [6.07, 6.45) is 0.606. The lowest BCUT2D eigenvalue weighted by Gasteiger charge is -2.14. The third-order valence-corrected chi connectivity index (χ3v) is 3.99. The van der Waals surface area contributed by atoms with Crippen molar-refractivity contribution in [3.05, 3.63) is 59.7 Å². The van der Waals surface area contributed by atoms with E-state index in [2.05, 4.69) is 16.7 Å². The van der Waals surface area contributed by atoms with Gasteiger partial charge in [0.1, 0.15) is 12.4 Å². The monoisotopic (exact) mass is 380 g/mol. The van der Waals surface area contributed by atoms with E-state index in [1.807, 2.05) is 42.5 Å². The molecule has 0 aromatic heterocycles. The van der Waals surface area contributed by atoms with Gasteiger partial charge in [0, 0.05) is 38.3 Å². The topological polar surface area (TPSA) is 94.5 Å². The van der Waals surface area contributed by atoms with Crippen molar-refractivity contribution in [2.75, 3.05) is 26.0 Å². The molecule has 3 amide bonds. The molecule has 2 aromatic carbocycles. The molecule has 0 fully saturated rings. The molecule has 0 aliphatic rings. The van der Waals surface area contributed by atoms with Crippen molar-refractivity contribution < 1.29 is 14.3 Å². The van der Waals surface area contributed by atoms with Gasteiger partial charge in [-0.05, 0) is 23.8 Å². The van der Waals surface area contributed by atoms with E-state index in [0.717, 1.165) is 11.1 Å². The van der Waals surface area contributed by atoms with E-state index in [1.165, 1.54) is 4.90 Å². The number of nitrogens with one attached hydrogen (secondary N) is 2. The number of hydrogen-bond acceptors (Lipinski definition) is 4. The molecular formula is C21H24N4O3. The first-order chi connectivity index (χ1) is 13.5. The van der Waals surface area contributed by atoms with Gasteiger partial charge in [0.2, 0.25) is 5.91 Å². The fourth-order valence-electron chi connectivity index (χ4n) is 2.40. The molecule has 7 nitrogen and oxygen atoms in total. The average molecular weight is 380 g/mol. The maximum Gasteiger partial charge on any atom is 0.319 e. The van der Waals surface area contributed by atoms with Crippen molar-refractivity contribution in [2.24, 2.45) is 0 Å². The van der Waals surface area contributed by atoms with E-state index in [4.69, 9.17) is 10.00 Å². The predicted octanol–water partition coefficient (Wildman–Crippen LogP) is 2.93. The van der Waals surface area contributed by atoms with E-state index >= 15 is 0 Å². The van der Waals surface area contributed by atoms with Crippen molar-refractivity contribution in [3.8, 4) is 11.8 Å². The smallest absolute Gasteiger partial charge is 0.319 e. The average Bonchev–Trinajstić information content (AvgIpc) is 2.68. The number of benzene rings is 2. The van der Waals surface area contributed by atoms with Crippen LogP contribution in [-0.4, -0.2) is 37.5 Å². The molecule has 0 aliphatic carbocycles. The van der Waals surface area contributed by atoms with Gasteiger partial charge >= 0.3 is 6.03 Å². The fraction of sp³-hybridized carbons (Fsp3) is 0.286. The lowest BCUT2D eigenvalue weighted by Crippen LogP contribution is -2.33. The zero-order valence-corrected chi connectivity index (χ0v) is 16.1. The van der Waals surface area contributed by atoms with Gasteiger partial charge < -0.3 is 20.3 Å². The molecule has 7 heteroatoms. The van der Waals surface area contributed by atoms with E-state index < -0.39 is 0 Å². The molecule has 0 atom stereocenters. The summed E-state index contributed by atoms with van der Waals surface area (Å²) < 4.78 is 5.78. The molecule has 2 rings (SSSR count). The van der Waals surface area contributed by atoms with Crippen LogP contribution in [0.4, 0.5) is 10.5 Å². The number of carbonyl (C=O) groups excluding carboxylic acids is 2. The van der Waals surface area contributed by atoms with Gasteiger partial charge in [0.05, 0.1) is 12.5 Å². The Morgan fingerprint density at radius 2 is 1.82 bits per heavy atom. The molecule has 0 spiro atoms. The van der Waals surface area contributed by atoms with Crippen LogP contribution >= 0.6 is 0 Å². The number of amides is 3. The van der Waals surface area contributed by atoms with Crippen LogP contribution in [0.2, 0.25) is 0 Å². The lowest BCUT2D eigenvalue weighted by atomic mass is 10.1. The summed E-state index contributed by atoms with van der Waals surface area (Å²) in [5.41, 5.74) is 2.39. The number of nitriles is 1. The molecule has 0 saturated carbocycles. The predicted molar refractivity (Wildman–Crippen MR) is 107 cm³/mol. The molecule has 2 N–H and O–H groups in total. The number of ether oxygens (including phenoxy) is 1. The molecule has 0 heterocycles. The van der Waals surface area contributed by atoms with Gasteiger partial charge in [-0.25, -0.2) is 4.79 Å². The second-order valence-electron chi connectivity index (χ2n) is 6.34. The highest BCUT2D eigenvalue weighted by molar-refractivity contribution is 5.90. The highest BCUT2D eigenvalue weighted by Gasteiger charge is 2.09. The SMILES string of the molecule is CN(C)C(=O)CCNC(=O)Nc1ccccc1COc1ccc(CC#N)cc1. The van der Waals surface area contributed by atoms with Crippen LogP contribution in [0.15, 0.2) is 48.5 Å². The highest BCUT2D eigenvalue weighted by Crippen LogP contribution is 2.19. The van der Waals surface area contributed by atoms with Gasteiger partial charge in [-0.15, -0.1) is 0 Å². The summed E-state index contributed by atoms with van der Waals surface area (Å²) in [7, 11) is 3.35. The standard InChI is InChI=1S/C21H24N4O3/c1-25(2)20(26)12-14-23-21(27)24-19-6-4-3-5-17(19)15-28-18-9-7-16(8-10-18)11-13-22/h3-10H,11-12,14-15H2,1-2H3,(H2,23,24,27). The molecule has 0 unspecified atom stereocenters. The summed E-state index contributed by atoms with van der Waals surface area (Å²) in [4.78, 5) is 25.1. The van der Waals surface area contributed by atoms with E-state index in [0.29, 0.717) is 17.9 Å². The first-order valence-electron chi connectivity index (χ1n) is 8.91. The zero-order valence-electron chi connectivity index (χ0n) is 16.1. The summed E-state index contributed by atoms with van der Waals surface area (Å²) in [5, 5.41) is 14.2. The van der Waals surface area contributed by atoms with Crippen LogP contribution in [0.3, 0.4) is 0 Å². The maximum atomic E-state index is 12.1. The maximum absolute atomic E-state index is 12.1. The number of rotatable bonds is 8. The van der Waals surface area contributed by atoms with Crippen LogP contribution in [-0.2, 0) is 17.8 Å². The van der Waals surface area contributed by atoms with Crippen molar-refractivity contribution in [3.63, 3.8) is 0 Å². The molecular weight excluding hydrogens is 356 g/mol. The fourth-order valence-corrected chi connectivity index (χ4v) is 2.40. The van der Waals surface area contributed by atoms with Crippen LogP contribution in [0.1, 0.15) is 17.5 Å². The van der Waals surface area contributed by atoms with Crippen LogP contribution < -0.4 is 15.4 Å². The van der Waals surface area contributed by atoms with E-state index in [9.17, 15) is 9.59 Å². The van der Waals surface area contributed by atoms with Gasteiger partial charge in [-0.3, -0.25) is 4.79 Å². The minimum atomic E-state index is -0.375. The second-order valence-corrected chi connectivity index (χ2v) is 6.34. The molecule has 0 radical (unpaired) electrons. The van der Waals surface area contributed by atoms with Gasteiger partial charge in [0.15, 0.2) is 0 Å². The Morgan fingerprint density at radius 3 is 2.50 bits per heavy atom. The van der Waals surface area contributed by atoms with Crippen molar-refractivity contribution in [1.82, 2.24) is 10.2 Å². The van der Waals surface area contributed by atoms with Crippen LogP contribution in [0, 0.1) is 11.3 Å². The van der Waals surface area contributed by atoms with Gasteiger partial charge in [-0.2, -0.15) is 5.26 Å². The minimum Gasteiger partial charge on any atom is -0.489 e. The lowest BCUT2D eigenvalue weighted by molar-refractivity contribution is -0.128. The van der Waals surface area contributed by atoms with Crippen molar-refractivity contribution in [2.45, 2.75) is 19.4 Å². The molecule has 0 saturated heterocycles.